The third-order valence-electron chi connectivity index (χ3n) is 3.68. The third-order valence-corrected chi connectivity index (χ3v) is 3.86. The van der Waals surface area contributed by atoms with Gasteiger partial charge >= 0.3 is 0 Å². The lowest BCUT2D eigenvalue weighted by Gasteiger charge is -2.46. The maximum atomic E-state index is 5.58. The molecule has 1 saturated heterocycles. The molecule has 2 nitrogen and oxygen atoms in total. The SMILES string of the molecule is CCC1(CC)CN(C/C=C/Cl)C(C)CN1. The summed E-state index contributed by atoms with van der Waals surface area (Å²) in [7, 11) is 0. The standard InChI is InChI=1S/C12H23ClN2/c1-4-12(5-2)10-15(8-6-7-13)11(3)9-14-12/h6-7,11,14H,4-5,8-10H2,1-3H3/b7-6+. The van der Waals surface area contributed by atoms with Gasteiger partial charge in [-0.25, -0.2) is 0 Å². The summed E-state index contributed by atoms with van der Waals surface area (Å²) in [5, 5.41) is 3.69. The van der Waals surface area contributed by atoms with Crippen molar-refractivity contribution < 1.29 is 0 Å². The average Bonchev–Trinajstić information content (AvgIpc) is 2.29. The number of halogens is 1. The molecule has 1 aliphatic rings. The largest absolute Gasteiger partial charge is 0.308 e. The average molecular weight is 231 g/mol. The minimum absolute atomic E-state index is 0.312. The molecule has 1 rings (SSSR count). The molecular weight excluding hydrogens is 208 g/mol. The fourth-order valence-corrected chi connectivity index (χ4v) is 2.32. The van der Waals surface area contributed by atoms with Crippen molar-refractivity contribution >= 4 is 11.6 Å². The summed E-state index contributed by atoms with van der Waals surface area (Å²) in [6.45, 7) is 9.97. The molecule has 0 aliphatic carbocycles. The number of hydrogen-bond acceptors (Lipinski definition) is 2. The van der Waals surface area contributed by atoms with E-state index in [2.05, 4.69) is 31.0 Å². The van der Waals surface area contributed by atoms with Crippen molar-refractivity contribution in [3.8, 4) is 0 Å². The summed E-state index contributed by atoms with van der Waals surface area (Å²) in [5.74, 6) is 0. The van der Waals surface area contributed by atoms with Crippen molar-refractivity contribution in [3.63, 3.8) is 0 Å². The van der Waals surface area contributed by atoms with Crippen molar-refractivity contribution in [2.75, 3.05) is 19.6 Å². The summed E-state index contributed by atoms with van der Waals surface area (Å²) in [4.78, 5) is 2.50. The molecule has 1 unspecified atom stereocenters. The van der Waals surface area contributed by atoms with Gasteiger partial charge < -0.3 is 5.32 Å². The molecule has 1 aliphatic heterocycles. The number of nitrogens with zero attached hydrogens (tertiary/aromatic N) is 1. The Labute approximate surface area is 98.7 Å². The van der Waals surface area contributed by atoms with Crippen LogP contribution in [0.4, 0.5) is 0 Å². The molecule has 88 valence electrons. The summed E-state index contributed by atoms with van der Waals surface area (Å²) in [6, 6.07) is 0.601. The maximum Gasteiger partial charge on any atom is 0.0304 e. The second-order valence-electron chi connectivity index (χ2n) is 4.51. The highest BCUT2D eigenvalue weighted by molar-refractivity contribution is 6.25. The van der Waals surface area contributed by atoms with Crippen LogP contribution in [0.15, 0.2) is 11.6 Å². The van der Waals surface area contributed by atoms with Crippen molar-refractivity contribution in [2.45, 2.75) is 45.2 Å². The van der Waals surface area contributed by atoms with E-state index in [-0.39, 0.29) is 0 Å². The van der Waals surface area contributed by atoms with Crippen LogP contribution in [0.25, 0.3) is 0 Å². The van der Waals surface area contributed by atoms with E-state index >= 15 is 0 Å². The van der Waals surface area contributed by atoms with Gasteiger partial charge in [0, 0.05) is 36.8 Å². The zero-order valence-corrected chi connectivity index (χ0v) is 10.8. The van der Waals surface area contributed by atoms with E-state index in [0.717, 1.165) is 19.6 Å². The minimum Gasteiger partial charge on any atom is -0.308 e. The molecule has 0 bridgehead atoms. The molecule has 1 fully saturated rings. The molecule has 1 atom stereocenters. The molecule has 0 radical (unpaired) electrons. The highest BCUT2D eigenvalue weighted by Gasteiger charge is 2.34. The van der Waals surface area contributed by atoms with Crippen LogP contribution in [0.3, 0.4) is 0 Å². The van der Waals surface area contributed by atoms with E-state index in [9.17, 15) is 0 Å². The first kappa shape index (κ1) is 13.0. The van der Waals surface area contributed by atoms with Gasteiger partial charge in [0.05, 0.1) is 0 Å². The normalized spacial score (nSPS) is 27.3. The van der Waals surface area contributed by atoms with Gasteiger partial charge in [-0.05, 0) is 19.8 Å². The second-order valence-corrected chi connectivity index (χ2v) is 4.76. The second kappa shape index (κ2) is 5.88. The first-order valence-corrected chi connectivity index (χ1v) is 6.35. The van der Waals surface area contributed by atoms with Gasteiger partial charge in [0.2, 0.25) is 0 Å². The van der Waals surface area contributed by atoms with E-state index in [1.54, 1.807) is 5.54 Å². The van der Waals surface area contributed by atoms with E-state index in [1.165, 1.54) is 12.8 Å². The van der Waals surface area contributed by atoms with E-state index in [1.807, 2.05) is 6.08 Å². The van der Waals surface area contributed by atoms with Crippen molar-refractivity contribution in [1.29, 1.82) is 0 Å². The van der Waals surface area contributed by atoms with Gasteiger partial charge in [0.1, 0.15) is 0 Å². The first-order chi connectivity index (χ1) is 7.17. The summed E-state index contributed by atoms with van der Waals surface area (Å²) >= 11 is 5.58. The Morgan fingerprint density at radius 3 is 2.67 bits per heavy atom. The van der Waals surface area contributed by atoms with Crippen LogP contribution in [0.5, 0.6) is 0 Å². The Bertz CT molecular complexity index is 212. The van der Waals surface area contributed by atoms with Crippen molar-refractivity contribution in [1.82, 2.24) is 10.2 Å². The topological polar surface area (TPSA) is 15.3 Å². The summed E-state index contributed by atoms with van der Waals surface area (Å²) in [5.41, 5.74) is 1.93. The molecule has 1 N–H and O–H groups in total. The first-order valence-electron chi connectivity index (χ1n) is 5.91. The molecule has 15 heavy (non-hydrogen) atoms. The Balaban J connectivity index is 2.61. The lowest BCUT2D eigenvalue weighted by Crippen LogP contribution is -2.63. The van der Waals surface area contributed by atoms with Gasteiger partial charge in [-0.1, -0.05) is 31.5 Å². The lowest BCUT2D eigenvalue weighted by atomic mass is 9.89. The molecule has 0 amide bonds. The van der Waals surface area contributed by atoms with Gasteiger partial charge in [0.25, 0.3) is 0 Å². The van der Waals surface area contributed by atoms with E-state index < -0.39 is 0 Å². The van der Waals surface area contributed by atoms with Crippen molar-refractivity contribution in [2.24, 2.45) is 0 Å². The van der Waals surface area contributed by atoms with Crippen LogP contribution in [-0.4, -0.2) is 36.1 Å². The van der Waals surface area contributed by atoms with Gasteiger partial charge in [-0.3, -0.25) is 4.90 Å². The Kier molecular flexibility index (Phi) is 5.10. The number of rotatable bonds is 4. The van der Waals surface area contributed by atoms with Gasteiger partial charge in [-0.2, -0.15) is 0 Å². The van der Waals surface area contributed by atoms with Gasteiger partial charge in [-0.15, -0.1) is 0 Å². The molecule has 0 saturated carbocycles. The quantitative estimate of drug-likeness (QED) is 0.799. The zero-order valence-electron chi connectivity index (χ0n) is 10.1. The molecule has 0 aromatic carbocycles. The fraction of sp³-hybridized carbons (Fsp3) is 0.833. The minimum atomic E-state index is 0.312. The molecule has 0 spiro atoms. The van der Waals surface area contributed by atoms with Crippen molar-refractivity contribution in [3.05, 3.63) is 11.6 Å². The smallest absolute Gasteiger partial charge is 0.0304 e. The molecule has 1 heterocycles. The number of nitrogens with one attached hydrogen (secondary N) is 1. The van der Waals surface area contributed by atoms with Crippen LogP contribution in [0.2, 0.25) is 0 Å². The highest BCUT2D eigenvalue weighted by Crippen LogP contribution is 2.22. The monoisotopic (exact) mass is 230 g/mol. The highest BCUT2D eigenvalue weighted by atomic mass is 35.5. The van der Waals surface area contributed by atoms with Crippen LogP contribution in [0, 0.1) is 0 Å². The summed E-state index contributed by atoms with van der Waals surface area (Å²) < 4.78 is 0. The fourth-order valence-electron chi connectivity index (χ4n) is 2.24. The molecule has 0 aromatic rings. The van der Waals surface area contributed by atoms with Gasteiger partial charge in [0.15, 0.2) is 0 Å². The van der Waals surface area contributed by atoms with Crippen LogP contribution in [-0.2, 0) is 0 Å². The molecular formula is C12H23ClN2. The predicted octanol–water partition coefficient (Wildman–Crippen LogP) is 2.59. The number of hydrogen-bond donors (Lipinski definition) is 1. The number of piperazine rings is 1. The Hall–Kier alpha value is -0.0500. The van der Waals surface area contributed by atoms with E-state index in [0.29, 0.717) is 11.6 Å². The predicted molar refractivity (Wildman–Crippen MR) is 67.3 cm³/mol. The third kappa shape index (κ3) is 3.20. The van der Waals surface area contributed by atoms with Crippen LogP contribution < -0.4 is 5.32 Å². The molecule has 3 heteroatoms. The maximum absolute atomic E-state index is 5.58. The Morgan fingerprint density at radius 2 is 2.13 bits per heavy atom. The van der Waals surface area contributed by atoms with Crippen LogP contribution in [0.1, 0.15) is 33.6 Å². The Morgan fingerprint density at radius 1 is 1.47 bits per heavy atom. The lowest BCUT2D eigenvalue weighted by molar-refractivity contribution is 0.0914. The van der Waals surface area contributed by atoms with Crippen LogP contribution >= 0.6 is 11.6 Å². The zero-order chi connectivity index (χ0) is 11.3. The van der Waals surface area contributed by atoms with E-state index in [4.69, 9.17) is 11.6 Å². The molecule has 0 aromatic heterocycles. The summed E-state index contributed by atoms with van der Waals surface area (Å²) in [6.07, 6.45) is 4.41.